The van der Waals surface area contributed by atoms with Crippen molar-refractivity contribution in [2.24, 2.45) is 0 Å². The number of amides is 3. The van der Waals surface area contributed by atoms with Gasteiger partial charge in [0.1, 0.15) is 17.4 Å². The summed E-state index contributed by atoms with van der Waals surface area (Å²) >= 11 is 3.78. The van der Waals surface area contributed by atoms with Gasteiger partial charge < -0.3 is 25.4 Å². The Morgan fingerprint density at radius 1 is 1.29 bits per heavy atom. The van der Waals surface area contributed by atoms with Crippen LogP contribution in [0.1, 0.15) is 10.4 Å². The zero-order valence-corrected chi connectivity index (χ0v) is 13.2. The van der Waals surface area contributed by atoms with Crippen LogP contribution < -0.4 is 10.2 Å². The highest BCUT2D eigenvalue weighted by Gasteiger charge is 2.29. The number of aromatic carboxylic acids is 1. The van der Waals surface area contributed by atoms with E-state index in [-0.39, 0.29) is 11.4 Å². The number of methoxy groups -OCH3 is 1. The fourth-order valence-electron chi connectivity index (χ4n) is 1.63. The van der Waals surface area contributed by atoms with E-state index in [1.807, 2.05) is 5.32 Å². The molecule has 24 heavy (non-hydrogen) atoms. The Morgan fingerprint density at radius 3 is 2.38 bits per heavy atom. The van der Waals surface area contributed by atoms with E-state index in [1.165, 1.54) is 0 Å². The molecule has 130 valence electrons. The van der Waals surface area contributed by atoms with Crippen molar-refractivity contribution in [3.05, 3.63) is 23.8 Å². The average Bonchev–Trinajstić information content (AvgIpc) is 2.53. The largest absolute Gasteiger partial charge is 0.507 e. The van der Waals surface area contributed by atoms with Crippen LogP contribution in [0.4, 0.5) is 15.3 Å². The molecule has 11 heteroatoms. The molecule has 4 N–H and O–H groups in total. The number of nitrogens with zero attached hydrogens (tertiary/aromatic N) is 1. The lowest BCUT2D eigenvalue weighted by atomic mass is 10.1. The molecule has 0 aromatic heterocycles. The number of carbonyl (C=O) groups excluding carboxylic acids is 2. The zero-order chi connectivity index (χ0) is 18.4. The molecule has 3 amide bonds. The maximum atomic E-state index is 12.2. The number of nitrogens with one attached hydrogen (secondary N) is 1. The molecule has 0 bridgehead atoms. The van der Waals surface area contributed by atoms with Gasteiger partial charge in [-0.3, -0.25) is 0 Å². The molecule has 10 nitrogen and oxygen atoms in total. The van der Waals surface area contributed by atoms with Crippen molar-refractivity contribution in [3.63, 3.8) is 0 Å². The smallest absolute Gasteiger partial charge is 0.422 e. The third-order valence-electron chi connectivity index (χ3n) is 2.81. The lowest BCUT2D eigenvalue weighted by Crippen LogP contribution is -2.51. The summed E-state index contributed by atoms with van der Waals surface area (Å²) < 4.78 is 4.44. The lowest BCUT2D eigenvalue weighted by Gasteiger charge is -2.22. The van der Waals surface area contributed by atoms with Gasteiger partial charge in [0.2, 0.25) is 0 Å². The van der Waals surface area contributed by atoms with Crippen LogP contribution in [-0.2, 0) is 9.53 Å². The summed E-state index contributed by atoms with van der Waals surface area (Å²) in [4.78, 5) is 46.4. The van der Waals surface area contributed by atoms with Crippen LogP contribution in [0.25, 0.3) is 0 Å². The van der Waals surface area contributed by atoms with Crippen LogP contribution in [0.2, 0.25) is 0 Å². The molecule has 1 unspecified atom stereocenters. The summed E-state index contributed by atoms with van der Waals surface area (Å²) in [5, 5.41) is 29.4. The predicted octanol–water partition coefficient (Wildman–Crippen LogP) is 0.756. The minimum Gasteiger partial charge on any atom is -0.507 e. The Bertz CT molecular complexity index is 678. The van der Waals surface area contributed by atoms with Gasteiger partial charge in [-0.05, 0) is 18.2 Å². The lowest BCUT2D eigenvalue weighted by molar-refractivity contribution is -0.138. The third-order valence-corrected chi connectivity index (χ3v) is 3.17. The summed E-state index contributed by atoms with van der Waals surface area (Å²) in [5.41, 5.74) is -0.795. The molecule has 0 heterocycles. The molecule has 1 rings (SSSR count). The van der Waals surface area contributed by atoms with Gasteiger partial charge >= 0.3 is 24.1 Å². The van der Waals surface area contributed by atoms with Crippen molar-refractivity contribution < 1.29 is 39.2 Å². The minimum atomic E-state index is -1.49. The number of benzene rings is 1. The normalized spacial score (nSPS) is 11.2. The number of aromatic hydroxyl groups is 1. The SMILES string of the molecule is COC(=O)N(C(=O)NC(CS)C(=O)O)c1ccc(O)c(C(=O)O)c1. The number of hydrogen-bond donors (Lipinski definition) is 5. The van der Waals surface area contributed by atoms with Gasteiger partial charge in [-0.2, -0.15) is 17.5 Å². The number of urea groups is 1. The van der Waals surface area contributed by atoms with E-state index < -0.39 is 41.4 Å². The zero-order valence-electron chi connectivity index (χ0n) is 12.3. The van der Waals surface area contributed by atoms with Gasteiger partial charge in [0.05, 0.1) is 12.8 Å². The highest BCUT2D eigenvalue weighted by Crippen LogP contribution is 2.25. The van der Waals surface area contributed by atoms with Gasteiger partial charge in [0.15, 0.2) is 0 Å². The number of anilines is 1. The number of thiol groups is 1. The molecule has 0 saturated heterocycles. The van der Waals surface area contributed by atoms with Gasteiger partial charge in [-0.15, -0.1) is 0 Å². The number of carbonyl (C=O) groups is 4. The third kappa shape index (κ3) is 4.29. The van der Waals surface area contributed by atoms with Crippen LogP contribution in [0, 0.1) is 0 Å². The summed E-state index contributed by atoms with van der Waals surface area (Å²) in [5.74, 6) is -3.68. The van der Waals surface area contributed by atoms with Gasteiger partial charge in [0.25, 0.3) is 0 Å². The summed E-state index contributed by atoms with van der Waals surface area (Å²) in [7, 11) is 0.981. The molecule has 0 aliphatic rings. The molecular weight excluding hydrogens is 344 g/mol. The van der Waals surface area contributed by atoms with Crippen LogP contribution in [-0.4, -0.2) is 58.3 Å². The van der Waals surface area contributed by atoms with E-state index in [9.17, 15) is 24.3 Å². The van der Waals surface area contributed by atoms with Crippen LogP contribution in [0.15, 0.2) is 18.2 Å². The van der Waals surface area contributed by atoms with Crippen molar-refractivity contribution >= 4 is 42.4 Å². The second-order valence-electron chi connectivity index (χ2n) is 4.33. The molecule has 1 aromatic rings. The summed E-state index contributed by atoms with van der Waals surface area (Å²) in [6, 6.07) is 0.378. The fourth-order valence-corrected chi connectivity index (χ4v) is 1.88. The number of imide groups is 1. The quantitative estimate of drug-likeness (QED) is 0.483. The topological polar surface area (TPSA) is 153 Å². The first-order chi connectivity index (χ1) is 11.2. The highest BCUT2D eigenvalue weighted by atomic mass is 32.1. The van der Waals surface area contributed by atoms with Gasteiger partial charge in [0, 0.05) is 5.75 Å². The molecule has 0 aliphatic heterocycles. The van der Waals surface area contributed by atoms with Gasteiger partial charge in [-0.1, -0.05) is 0 Å². The summed E-state index contributed by atoms with van der Waals surface area (Å²) in [6.45, 7) is 0. The number of carboxylic acid groups (broad SMARTS) is 2. The van der Waals surface area contributed by atoms with Crippen molar-refractivity contribution in [1.82, 2.24) is 5.32 Å². The Kier molecular flexibility index (Phi) is 6.41. The number of aliphatic carboxylic acids is 1. The first-order valence-corrected chi connectivity index (χ1v) is 6.94. The Labute approximate surface area is 141 Å². The number of rotatable bonds is 5. The standard InChI is InChI=1S/C13H14N2O8S/c1-23-13(22)15(12(21)14-8(5-24)11(19)20)6-2-3-9(16)7(4-6)10(17)18/h2-4,8,16,24H,5H2,1H3,(H,14,21)(H,17,18)(H,19,20). The van der Waals surface area contributed by atoms with Crippen molar-refractivity contribution in [2.75, 3.05) is 17.8 Å². The van der Waals surface area contributed by atoms with E-state index in [4.69, 9.17) is 10.2 Å². The van der Waals surface area contributed by atoms with E-state index >= 15 is 0 Å². The first-order valence-electron chi connectivity index (χ1n) is 6.31. The van der Waals surface area contributed by atoms with Crippen LogP contribution >= 0.6 is 12.6 Å². The van der Waals surface area contributed by atoms with Crippen molar-refractivity contribution in [2.45, 2.75) is 6.04 Å². The molecule has 1 atom stereocenters. The number of hydrogen-bond acceptors (Lipinski definition) is 7. The van der Waals surface area contributed by atoms with E-state index in [0.717, 1.165) is 25.3 Å². The van der Waals surface area contributed by atoms with E-state index in [2.05, 4.69) is 17.4 Å². The van der Waals surface area contributed by atoms with Crippen molar-refractivity contribution in [3.8, 4) is 5.75 Å². The van der Waals surface area contributed by atoms with Gasteiger partial charge in [-0.25, -0.2) is 19.2 Å². The van der Waals surface area contributed by atoms with Crippen LogP contribution in [0.5, 0.6) is 5.75 Å². The molecule has 0 saturated carbocycles. The van der Waals surface area contributed by atoms with Crippen LogP contribution in [0.3, 0.4) is 0 Å². The summed E-state index contributed by atoms with van der Waals surface area (Å²) in [6.07, 6.45) is -1.18. The first kappa shape index (κ1) is 19.1. The molecular formula is C13H14N2O8S. The molecule has 0 aliphatic carbocycles. The number of ether oxygens (including phenoxy) is 1. The van der Waals surface area contributed by atoms with E-state index in [1.54, 1.807) is 0 Å². The average molecular weight is 358 g/mol. The number of phenols is 1. The van der Waals surface area contributed by atoms with Crippen molar-refractivity contribution in [1.29, 1.82) is 0 Å². The highest BCUT2D eigenvalue weighted by molar-refractivity contribution is 7.80. The molecule has 0 spiro atoms. The fraction of sp³-hybridized carbons (Fsp3) is 0.231. The molecule has 0 radical (unpaired) electrons. The Morgan fingerprint density at radius 2 is 1.92 bits per heavy atom. The maximum absolute atomic E-state index is 12.2. The monoisotopic (exact) mass is 358 g/mol. The number of carboxylic acids is 2. The molecule has 1 aromatic carbocycles. The Balaban J connectivity index is 3.25. The van der Waals surface area contributed by atoms with E-state index in [0.29, 0.717) is 4.90 Å². The minimum absolute atomic E-state index is 0.238. The second-order valence-corrected chi connectivity index (χ2v) is 4.70. The maximum Gasteiger partial charge on any atom is 0.422 e. The predicted molar refractivity (Wildman–Crippen MR) is 83.8 cm³/mol. The molecule has 0 fully saturated rings. The second kappa shape index (κ2) is 8.06. The Hall–Kier alpha value is -2.95.